The van der Waals surface area contributed by atoms with Crippen molar-refractivity contribution in [3.63, 3.8) is 0 Å². The van der Waals surface area contributed by atoms with Gasteiger partial charge in [0.05, 0.1) is 18.6 Å². The van der Waals surface area contributed by atoms with Gasteiger partial charge in [0.1, 0.15) is 0 Å². The number of benzene rings is 1. The first-order valence-corrected chi connectivity index (χ1v) is 9.74. The van der Waals surface area contributed by atoms with E-state index in [0.29, 0.717) is 13.4 Å². The summed E-state index contributed by atoms with van der Waals surface area (Å²) in [5, 5.41) is 0. The van der Waals surface area contributed by atoms with Gasteiger partial charge >= 0.3 is 0 Å². The van der Waals surface area contributed by atoms with Crippen molar-refractivity contribution in [3.8, 4) is 11.5 Å². The van der Waals surface area contributed by atoms with Crippen LogP contribution in [0.25, 0.3) is 0 Å². The number of fused-ring (bicyclic) bond motifs is 1. The fourth-order valence-electron chi connectivity index (χ4n) is 4.35. The zero-order valence-corrected chi connectivity index (χ0v) is 16.3. The van der Waals surface area contributed by atoms with Crippen LogP contribution in [0, 0.1) is 5.41 Å². The van der Waals surface area contributed by atoms with Gasteiger partial charge in [0.2, 0.25) is 6.79 Å². The molecule has 0 spiro atoms. The van der Waals surface area contributed by atoms with Crippen molar-refractivity contribution < 1.29 is 14.2 Å². The molecule has 0 aliphatic carbocycles. The molecular weight excluding hydrogens is 342 g/mol. The molecule has 0 bridgehead atoms. The number of nitrogens with zero attached hydrogens (tertiary/aromatic N) is 3. The molecule has 2 aliphatic heterocycles. The van der Waals surface area contributed by atoms with E-state index in [-0.39, 0.29) is 5.41 Å². The lowest BCUT2D eigenvalue weighted by Gasteiger charge is -2.41. The highest BCUT2D eigenvalue weighted by atomic mass is 16.7. The van der Waals surface area contributed by atoms with E-state index in [9.17, 15) is 0 Å². The molecule has 1 saturated heterocycles. The summed E-state index contributed by atoms with van der Waals surface area (Å²) in [7, 11) is 1.74. The van der Waals surface area contributed by atoms with E-state index in [1.54, 1.807) is 7.11 Å². The number of hydrogen-bond donors (Lipinski definition) is 0. The molecule has 0 N–H and O–H groups in total. The van der Waals surface area contributed by atoms with Crippen LogP contribution in [0.1, 0.15) is 31.0 Å². The Labute approximate surface area is 161 Å². The Kier molecular flexibility index (Phi) is 5.36. The Hall–Kier alpha value is -2.05. The lowest BCUT2D eigenvalue weighted by molar-refractivity contribution is 0.0943. The Morgan fingerprint density at radius 3 is 3.04 bits per heavy atom. The highest BCUT2D eigenvalue weighted by Gasteiger charge is 2.32. The maximum Gasteiger partial charge on any atom is 0.231 e. The molecule has 2 aromatic rings. The van der Waals surface area contributed by atoms with Gasteiger partial charge < -0.3 is 18.8 Å². The van der Waals surface area contributed by atoms with Gasteiger partial charge in [-0.15, -0.1) is 0 Å². The topological polar surface area (TPSA) is 48.8 Å². The van der Waals surface area contributed by atoms with E-state index in [4.69, 9.17) is 14.2 Å². The number of aromatic nitrogens is 2. The number of likely N-dealkylation sites (tertiary alicyclic amines) is 1. The summed E-state index contributed by atoms with van der Waals surface area (Å²) >= 11 is 0. The molecule has 1 aromatic carbocycles. The van der Waals surface area contributed by atoms with Crippen LogP contribution in [0.3, 0.4) is 0 Å². The van der Waals surface area contributed by atoms with Crippen LogP contribution in [0.15, 0.2) is 30.7 Å². The first kappa shape index (κ1) is 18.3. The second-order valence-corrected chi connectivity index (χ2v) is 8.06. The third kappa shape index (κ3) is 4.28. The van der Waals surface area contributed by atoms with E-state index >= 15 is 0 Å². The molecule has 27 heavy (non-hydrogen) atoms. The van der Waals surface area contributed by atoms with Crippen LogP contribution in [-0.2, 0) is 24.2 Å². The van der Waals surface area contributed by atoms with Gasteiger partial charge in [-0.1, -0.05) is 13.0 Å². The van der Waals surface area contributed by atoms with Crippen molar-refractivity contribution in [2.24, 2.45) is 5.41 Å². The van der Waals surface area contributed by atoms with Crippen molar-refractivity contribution in [3.05, 3.63) is 42.0 Å². The molecule has 0 amide bonds. The number of piperidine rings is 1. The Bertz CT molecular complexity index is 776. The quantitative estimate of drug-likeness (QED) is 0.748. The average molecular weight is 371 g/mol. The maximum atomic E-state index is 5.55. The largest absolute Gasteiger partial charge is 0.454 e. The van der Waals surface area contributed by atoms with Gasteiger partial charge in [0.25, 0.3) is 0 Å². The molecule has 0 saturated carbocycles. The highest BCUT2D eigenvalue weighted by molar-refractivity contribution is 5.44. The van der Waals surface area contributed by atoms with Crippen LogP contribution in [0.2, 0.25) is 0 Å². The average Bonchev–Trinajstić information content (AvgIpc) is 3.28. The predicted octanol–water partition coefficient (Wildman–Crippen LogP) is 3.10. The highest BCUT2D eigenvalue weighted by Crippen LogP contribution is 2.37. The smallest absolute Gasteiger partial charge is 0.231 e. The summed E-state index contributed by atoms with van der Waals surface area (Å²) in [6, 6.07) is 6.36. The monoisotopic (exact) mass is 371 g/mol. The van der Waals surface area contributed by atoms with Crippen LogP contribution in [0.5, 0.6) is 11.5 Å². The molecule has 1 unspecified atom stereocenters. The van der Waals surface area contributed by atoms with Gasteiger partial charge in [-0.25, -0.2) is 4.98 Å². The molecule has 6 nitrogen and oxygen atoms in total. The number of hydrogen-bond acceptors (Lipinski definition) is 5. The van der Waals surface area contributed by atoms with Gasteiger partial charge in [0, 0.05) is 32.9 Å². The maximum absolute atomic E-state index is 5.55. The van der Waals surface area contributed by atoms with Crippen molar-refractivity contribution in [2.45, 2.75) is 39.3 Å². The van der Waals surface area contributed by atoms with E-state index in [1.807, 2.05) is 18.6 Å². The fourth-order valence-corrected chi connectivity index (χ4v) is 4.35. The van der Waals surface area contributed by atoms with Crippen LogP contribution in [-0.4, -0.2) is 48.1 Å². The van der Waals surface area contributed by atoms with Crippen LogP contribution >= 0.6 is 0 Å². The number of imidazole rings is 1. The summed E-state index contributed by atoms with van der Waals surface area (Å²) in [4.78, 5) is 6.90. The molecule has 1 atom stereocenters. The standard InChI is InChI=1S/C21H29N3O3/c1-21(11-17-4-5-19-20(10-17)27-16-26-19)6-3-7-23(14-21)13-18-12-22-15-24(18)8-9-25-2/h4-5,10,12,15H,3,6-9,11,13-14,16H2,1-2H3. The molecular formula is C21H29N3O3. The SMILES string of the molecule is COCCn1cncc1CN1CCCC(C)(Cc2ccc3c(c2)OCO3)C1. The first-order chi connectivity index (χ1) is 13.1. The molecule has 0 radical (unpaired) electrons. The summed E-state index contributed by atoms with van der Waals surface area (Å²) in [5.74, 6) is 1.74. The zero-order chi connectivity index (χ0) is 18.7. The van der Waals surface area contributed by atoms with Gasteiger partial charge in [0.15, 0.2) is 11.5 Å². The second kappa shape index (κ2) is 7.90. The lowest BCUT2D eigenvalue weighted by atomic mass is 9.77. The summed E-state index contributed by atoms with van der Waals surface area (Å²) in [6.07, 6.45) is 7.43. The number of methoxy groups -OCH3 is 1. The van der Waals surface area contributed by atoms with Crippen molar-refractivity contribution in [2.75, 3.05) is 33.6 Å². The van der Waals surface area contributed by atoms with Gasteiger partial charge in [-0.2, -0.15) is 0 Å². The molecule has 4 rings (SSSR count). The van der Waals surface area contributed by atoms with Crippen molar-refractivity contribution >= 4 is 0 Å². The molecule has 3 heterocycles. The minimum absolute atomic E-state index is 0.267. The number of rotatable bonds is 7. The molecule has 6 heteroatoms. The Morgan fingerprint density at radius 2 is 2.15 bits per heavy atom. The molecule has 1 aromatic heterocycles. The molecule has 1 fully saturated rings. The number of ether oxygens (including phenoxy) is 3. The summed E-state index contributed by atoms with van der Waals surface area (Å²) in [6.45, 7) is 7.50. The normalized spacial score (nSPS) is 22.3. The van der Waals surface area contributed by atoms with E-state index in [1.165, 1.54) is 24.1 Å². The van der Waals surface area contributed by atoms with Gasteiger partial charge in [-0.3, -0.25) is 4.90 Å². The second-order valence-electron chi connectivity index (χ2n) is 8.06. The lowest BCUT2D eigenvalue weighted by Crippen LogP contribution is -2.42. The third-order valence-electron chi connectivity index (χ3n) is 5.65. The third-order valence-corrected chi connectivity index (χ3v) is 5.65. The van der Waals surface area contributed by atoms with Gasteiger partial charge in [-0.05, 0) is 48.9 Å². The van der Waals surface area contributed by atoms with Crippen molar-refractivity contribution in [1.29, 1.82) is 0 Å². The molecule has 146 valence electrons. The summed E-state index contributed by atoms with van der Waals surface area (Å²) < 4.78 is 18.4. The molecule has 2 aliphatic rings. The Balaban J connectivity index is 1.40. The zero-order valence-electron chi connectivity index (χ0n) is 16.3. The summed E-state index contributed by atoms with van der Waals surface area (Å²) in [5.41, 5.74) is 2.86. The predicted molar refractivity (Wildman–Crippen MR) is 103 cm³/mol. The minimum atomic E-state index is 0.267. The Morgan fingerprint density at radius 1 is 1.26 bits per heavy atom. The van der Waals surface area contributed by atoms with Crippen LogP contribution < -0.4 is 9.47 Å². The first-order valence-electron chi connectivity index (χ1n) is 9.74. The van der Waals surface area contributed by atoms with E-state index < -0.39 is 0 Å². The minimum Gasteiger partial charge on any atom is -0.454 e. The van der Waals surface area contributed by atoms with E-state index in [0.717, 1.165) is 44.1 Å². The van der Waals surface area contributed by atoms with Crippen LogP contribution in [0.4, 0.5) is 0 Å². The van der Waals surface area contributed by atoms with Crippen molar-refractivity contribution in [1.82, 2.24) is 14.5 Å². The fraction of sp³-hybridized carbons (Fsp3) is 0.571. The van der Waals surface area contributed by atoms with E-state index in [2.05, 4.69) is 33.5 Å².